The van der Waals surface area contributed by atoms with E-state index in [4.69, 9.17) is 0 Å². The number of hydrogen-bond donors (Lipinski definition) is 2. The minimum Gasteiger partial charge on any atom is -0.382 e. The minimum absolute atomic E-state index is 0.1000. The average molecular weight is 255 g/mol. The summed E-state index contributed by atoms with van der Waals surface area (Å²) in [5.74, 6) is 0.904. The quantitative estimate of drug-likeness (QED) is 0.604. The molecule has 0 spiro atoms. The molecule has 0 radical (unpaired) electrons. The van der Waals surface area contributed by atoms with Gasteiger partial charge in [-0.05, 0) is 25.3 Å². The average Bonchev–Trinajstić information content (AvgIpc) is 2.28. The summed E-state index contributed by atoms with van der Waals surface area (Å²) in [5, 5.41) is 17.1. The largest absolute Gasteiger partial charge is 0.382 e. The normalized spacial score (nSPS) is 11.9. The number of nitrogens with one attached hydrogen (secondary N) is 2. The molecule has 0 bridgehead atoms. The van der Waals surface area contributed by atoms with Gasteiger partial charge in [0, 0.05) is 18.8 Å². The Morgan fingerprint density at radius 3 is 2.65 bits per heavy atom. The molecule has 1 atom stereocenters. The van der Waals surface area contributed by atoms with Gasteiger partial charge in [0.25, 0.3) is 0 Å². The first-order valence-corrected chi connectivity index (χ1v) is 6.70. The predicted octanol–water partition coefficient (Wildman–Crippen LogP) is 2.80. The lowest BCUT2D eigenvalue weighted by Gasteiger charge is -2.15. The molecule has 0 saturated carbocycles. The van der Waals surface area contributed by atoms with Crippen molar-refractivity contribution in [2.24, 2.45) is 0 Å². The molecule has 1 rings (SSSR count). The van der Waals surface area contributed by atoms with Crippen LogP contribution in [0.4, 0.5) is 17.1 Å². The Balaban J connectivity index is 3.02. The van der Waals surface area contributed by atoms with E-state index < -0.39 is 0 Å². The molecule has 0 fully saturated rings. The molecule has 1 unspecified atom stereocenters. The molecule has 0 aromatic heterocycles. The zero-order valence-electron chi connectivity index (χ0n) is 10.2. The van der Waals surface area contributed by atoms with E-state index in [-0.39, 0.29) is 16.7 Å². The van der Waals surface area contributed by atoms with Gasteiger partial charge in [-0.3, -0.25) is 10.1 Å². The van der Waals surface area contributed by atoms with Crippen LogP contribution in [-0.4, -0.2) is 30.0 Å². The molecule has 94 valence electrons. The van der Waals surface area contributed by atoms with Crippen LogP contribution in [0, 0.1) is 10.1 Å². The Bertz CT molecular complexity index is 398. The van der Waals surface area contributed by atoms with Gasteiger partial charge in [0.15, 0.2) is 0 Å². The lowest BCUT2D eigenvalue weighted by atomic mass is 10.2. The van der Waals surface area contributed by atoms with Crippen molar-refractivity contribution in [1.82, 2.24) is 0 Å². The Hall–Kier alpha value is -1.43. The molecule has 17 heavy (non-hydrogen) atoms. The van der Waals surface area contributed by atoms with E-state index >= 15 is 0 Å². The highest BCUT2D eigenvalue weighted by Crippen LogP contribution is 2.32. The molecular weight excluding hydrogens is 238 g/mol. The van der Waals surface area contributed by atoms with Crippen LogP contribution in [0.2, 0.25) is 0 Å². The molecule has 0 aliphatic rings. The fourth-order valence-electron chi connectivity index (χ4n) is 1.62. The van der Waals surface area contributed by atoms with E-state index in [1.165, 1.54) is 0 Å². The van der Waals surface area contributed by atoms with Gasteiger partial charge < -0.3 is 10.6 Å². The maximum atomic E-state index is 11.1. The number of thioether (sulfide) groups is 1. The van der Waals surface area contributed by atoms with Crippen molar-refractivity contribution in [3.8, 4) is 0 Å². The predicted molar refractivity (Wildman–Crippen MR) is 74.1 cm³/mol. The number of nitro benzene ring substituents is 1. The summed E-state index contributed by atoms with van der Waals surface area (Å²) in [6.07, 6.45) is 2.01. The van der Waals surface area contributed by atoms with Crippen molar-refractivity contribution in [2.75, 3.05) is 29.7 Å². The van der Waals surface area contributed by atoms with Gasteiger partial charge in [-0.2, -0.15) is 11.8 Å². The molecule has 0 aliphatic carbocycles. The van der Waals surface area contributed by atoms with E-state index in [9.17, 15) is 10.1 Å². The summed E-state index contributed by atoms with van der Waals surface area (Å²) in [4.78, 5) is 10.7. The van der Waals surface area contributed by atoms with Gasteiger partial charge in [-0.25, -0.2) is 0 Å². The van der Waals surface area contributed by atoms with Crippen molar-refractivity contribution >= 4 is 28.8 Å². The number of nitro groups is 1. The van der Waals surface area contributed by atoms with E-state index in [2.05, 4.69) is 10.6 Å². The van der Waals surface area contributed by atoms with Crippen molar-refractivity contribution in [3.05, 3.63) is 28.3 Å². The summed E-state index contributed by atoms with van der Waals surface area (Å²) in [6, 6.07) is 5.42. The number of benzene rings is 1. The van der Waals surface area contributed by atoms with Crippen LogP contribution < -0.4 is 10.6 Å². The maximum Gasteiger partial charge on any atom is 0.315 e. The molecule has 1 aromatic rings. The number of anilines is 2. The molecule has 0 heterocycles. The van der Waals surface area contributed by atoms with Gasteiger partial charge >= 0.3 is 5.69 Å². The second-order valence-electron chi connectivity index (χ2n) is 3.71. The van der Waals surface area contributed by atoms with Crippen LogP contribution in [0.3, 0.4) is 0 Å². The summed E-state index contributed by atoms with van der Waals surface area (Å²) in [5.41, 5.74) is 1.18. The van der Waals surface area contributed by atoms with Crippen molar-refractivity contribution in [3.63, 3.8) is 0 Å². The SMILES string of the molecule is CNc1cccc(NC(C)CSC)c1[N+](=O)[O-]. The second kappa shape index (κ2) is 6.34. The smallest absolute Gasteiger partial charge is 0.315 e. The lowest BCUT2D eigenvalue weighted by Crippen LogP contribution is -2.18. The van der Waals surface area contributed by atoms with Gasteiger partial charge in [0.2, 0.25) is 0 Å². The first kappa shape index (κ1) is 13.6. The first-order valence-electron chi connectivity index (χ1n) is 5.30. The third kappa shape index (κ3) is 3.52. The Morgan fingerprint density at radius 2 is 2.12 bits per heavy atom. The topological polar surface area (TPSA) is 67.2 Å². The fraction of sp³-hybridized carbons (Fsp3) is 0.455. The van der Waals surface area contributed by atoms with E-state index in [1.807, 2.05) is 13.2 Å². The Morgan fingerprint density at radius 1 is 1.47 bits per heavy atom. The van der Waals surface area contributed by atoms with Crippen molar-refractivity contribution < 1.29 is 4.92 Å². The highest BCUT2D eigenvalue weighted by molar-refractivity contribution is 7.98. The molecule has 0 amide bonds. The molecule has 5 nitrogen and oxygen atoms in total. The monoisotopic (exact) mass is 255 g/mol. The Kier molecular flexibility index (Phi) is 5.09. The van der Waals surface area contributed by atoms with E-state index in [0.717, 1.165) is 5.75 Å². The van der Waals surface area contributed by atoms with Crippen molar-refractivity contribution in [1.29, 1.82) is 0 Å². The van der Waals surface area contributed by atoms with Gasteiger partial charge in [0.1, 0.15) is 11.4 Å². The lowest BCUT2D eigenvalue weighted by molar-refractivity contribution is -0.383. The highest BCUT2D eigenvalue weighted by atomic mass is 32.2. The summed E-state index contributed by atoms with van der Waals surface area (Å²) in [6.45, 7) is 2.01. The molecule has 1 aromatic carbocycles. The summed E-state index contributed by atoms with van der Waals surface area (Å²) in [7, 11) is 1.68. The van der Waals surface area contributed by atoms with Crippen molar-refractivity contribution in [2.45, 2.75) is 13.0 Å². The fourth-order valence-corrected chi connectivity index (χ4v) is 2.20. The number of para-hydroxylation sites is 1. The second-order valence-corrected chi connectivity index (χ2v) is 4.62. The van der Waals surface area contributed by atoms with Gasteiger partial charge in [-0.1, -0.05) is 6.07 Å². The zero-order chi connectivity index (χ0) is 12.8. The molecule has 2 N–H and O–H groups in total. The molecule has 6 heteroatoms. The maximum absolute atomic E-state index is 11.1. The van der Waals surface area contributed by atoms with Crippen LogP contribution in [-0.2, 0) is 0 Å². The summed E-state index contributed by atoms with van der Waals surface area (Å²) < 4.78 is 0. The number of nitrogens with zero attached hydrogens (tertiary/aromatic N) is 1. The molecule has 0 saturated heterocycles. The molecule has 0 aliphatic heterocycles. The highest BCUT2D eigenvalue weighted by Gasteiger charge is 2.19. The van der Waals surface area contributed by atoms with Crippen LogP contribution in [0.25, 0.3) is 0 Å². The van der Waals surface area contributed by atoms with Gasteiger partial charge in [0.05, 0.1) is 4.92 Å². The summed E-state index contributed by atoms with van der Waals surface area (Å²) >= 11 is 1.71. The number of hydrogen-bond acceptors (Lipinski definition) is 5. The van der Waals surface area contributed by atoms with Crippen LogP contribution >= 0.6 is 11.8 Å². The molecular formula is C11H17N3O2S. The van der Waals surface area contributed by atoms with Gasteiger partial charge in [-0.15, -0.1) is 0 Å². The first-order chi connectivity index (χ1) is 8.10. The van der Waals surface area contributed by atoms with E-state index in [1.54, 1.807) is 37.0 Å². The van der Waals surface area contributed by atoms with Crippen LogP contribution in [0.1, 0.15) is 6.92 Å². The third-order valence-corrected chi connectivity index (χ3v) is 3.14. The third-order valence-electron chi connectivity index (χ3n) is 2.31. The van der Waals surface area contributed by atoms with Crippen LogP contribution in [0.5, 0.6) is 0 Å². The van der Waals surface area contributed by atoms with Crippen LogP contribution in [0.15, 0.2) is 18.2 Å². The van der Waals surface area contributed by atoms with E-state index in [0.29, 0.717) is 11.4 Å². The standard InChI is InChI=1S/C11H17N3O2S/c1-8(7-17-3)13-10-6-4-5-9(12-2)11(10)14(15)16/h4-6,8,12-13H,7H2,1-3H3. The Labute approximate surface area is 105 Å². The zero-order valence-corrected chi connectivity index (χ0v) is 11.0. The number of rotatable bonds is 6. The minimum atomic E-state index is -0.361.